The van der Waals surface area contributed by atoms with Crippen LogP contribution in [0, 0.1) is 30.6 Å². The van der Waals surface area contributed by atoms with E-state index in [1.807, 2.05) is 11.0 Å². The average molecular weight is 634 g/mol. The molecule has 0 fully saturated rings. The van der Waals surface area contributed by atoms with Crippen molar-refractivity contribution >= 4 is 46.2 Å². The number of carboxylic acids is 3. The van der Waals surface area contributed by atoms with Gasteiger partial charge in [-0.15, -0.1) is 6.42 Å². The van der Waals surface area contributed by atoms with Crippen LogP contribution in [0.1, 0.15) is 48.4 Å². The summed E-state index contributed by atoms with van der Waals surface area (Å²) >= 11 is 0. The van der Waals surface area contributed by atoms with Crippen molar-refractivity contribution in [1.82, 2.24) is 15.3 Å². The molecule has 0 saturated heterocycles. The van der Waals surface area contributed by atoms with Gasteiger partial charge in [-0.05, 0) is 75.6 Å². The third-order valence-electron chi connectivity index (χ3n) is 7.43. The van der Waals surface area contributed by atoms with Crippen molar-refractivity contribution in [3.8, 4) is 12.3 Å². The van der Waals surface area contributed by atoms with Gasteiger partial charge in [0.15, 0.2) is 5.78 Å². The van der Waals surface area contributed by atoms with E-state index < -0.39 is 59.4 Å². The highest BCUT2D eigenvalue weighted by atomic mass is 16.4. The van der Waals surface area contributed by atoms with E-state index in [0.29, 0.717) is 29.0 Å². The monoisotopic (exact) mass is 633 g/mol. The Bertz CT molecular complexity index is 1760. The molecule has 1 unspecified atom stereocenters. The second kappa shape index (κ2) is 14.5. The van der Waals surface area contributed by atoms with Crippen molar-refractivity contribution in [3.63, 3.8) is 0 Å². The Morgan fingerprint density at radius 3 is 2.28 bits per heavy atom. The molecule has 2 aromatic carbocycles. The first-order chi connectivity index (χ1) is 21.5. The number of anilines is 1. The molecule has 1 amide bonds. The Labute approximate surface area is 263 Å². The van der Waals surface area contributed by atoms with Crippen LogP contribution in [-0.2, 0) is 25.7 Å². The Balaban J connectivity index is 1.75. The van der Waals surface area contributed by atoms with E-state index in [4.69, 9.17) is 12.2 Å². The lowest BCUT2D eigenvalue weighted by molar-refractivity contribution is -0.149. The van der Waals surface area contributed by atoms with Crippen molar-refractivity contribution in [2.75, 3.05) is 11.4 Å². The van der Waals surface area contributed by atoms with Crippen molar-refractivity contribution in [2.24, 2.45) is 17.1 Å². The van der Waals surface area contributed by atoms with Gasteiger partial charge in [0.1, 0.15) is 17.8 Å². The summed E-state index contributed by atoms with van der Waals surface area (Å²) < 4.78 is 0. The van der Waals surface area contributed by atoms with E-state index in [0.717, 1.165) is 5.56 Å². The number of fused-ring (bicyclic) bond motifs is 1. The third kappa shape index (κ3) is 8.54. The molecule has 0 bridgehead atoms. The second-order valence-corrected chi connectivity index (χ2v) is 11.5. The fraction of sp³-hybridized carbons (Fsp3) is 0.344. The van der Waals surface area contributed by atoms with E-state index in [-0.39, 0.29) is 24.1 Å². The molecule has 3 rings (SSSR count). The smallest absolute Gasteiger partial charge is 0.326 e. The largest absolute Gasteiger partial charge is 0.481 e. The van der Waals surface area contributed by atoms with E-state index in [1.54, 1.807) is 31.2 Å². The van der Waals surface area contributed by atoms with Crippen LogP contribution in [-0.4, -0.2) is 73.5 Å². The first kappa shape index (κ1) is 34.9. The number of aromatic nitrogens is 2. The molecule has 0 aliphatic rings. The third-order valence-corrected chi connectivity index (χ3v) is 7.43. The number of nitrogens with zero attached hydrogens (tertiary/aromatic N) is 2. The summed E-state index contributed by atoms with van der Waals surface area (Å²) in [5, 5.41) is 31.3. The first-order valence-corrected chi connectivity index (χ1v) is 14.1. The van der Waals surface area contributed by atoms with Gasteiger partial charge < -0.3 is 36.3 Å². The lowest BCUT2D eigenvalue weighted by Crippen LogP contribution is -2.48. The number of aryl methyl sites for hydroxylation is 1. The molecule has 0 aliphatic carbocycles. The number of benzene rings is 2. The lowest BCUT2D eigenvalue weighted by atomic mass is 9.81. The van der Waals surface area contributed by atoms with Gasteiger partial charge in [-0.25, -0.2) is 9.78 Å². The fourth-order valence-electron chi connectivity index (χ4n) is 4.83. The van der Waals surface area contributed by atoms with Crippen LogP contribution in [0.2, 0.25) is 0 Å². The summed E-state index contributed by atoms with van der Waals surface area (Å²) in [4.78, 5) is 82.3. The molecule has 3 aromatic rings. The SMILES string of the molecule is C#CCN(Cc1ccc2nc(C)[nH]c(=O)c2c1)c1ccc(C(=O)N[C@@H](CC(C(=O)O)C(=O)[C@@H](N)CC(C)(C)C(=O)O)C(=O)O)cc1. The van der Waals surface area contributed by atoms with Gasteiger partial charge in [0, 0.05) is 17.8 Å². The van der Waals surface area contributed by atoms with Crippen LogP contribution in [0.3, 0.4) is 0 Å². The van der Waals surface area contributed by atoms with E-state index in [9.17, 15) is 44.1 Å². The van der Waals surface area contributed by atoms with Gasteiger partial charge in [0.05, 0.1) is 28.9 Å². The molecular formula is C32H35N5O9. The maximum Gasteiger partial charge on any atom is 0.326 e. The van der Waals surface area contributed by atoms with E-state index in [1.165, 1.54) is 26.0 Å². The number of nitrogens with two attached hydrogens (primary N) is 1. The molecular weight excluding hydrogens is 598 g/mol. The highest BCUT2D eigenvalue weighted by molar-refractivity contribution is 6.02. The molecule has 0 radical (unpaired) electrons. The van der Waals surface area contributed by atoms with E-state index >= 15 is 0 Å². The molecule has 46 heavy (non-hydrogen) atoms. The quantitative estimate of drug-likeness (QED) is 0.103. The predicted molar refractivity (Wildman–Crippen MR) is 167 cm³/mol. The van der Waals surface area contributed by atoms with Gasteiger partial charge in [0.25, 0.3) is 11.5 Å². The molecule has 242 valence electrons. The number of aromatic amines is 1. The number of terminal acetylenes is 1. The number of Topliss-reactive ketones (excluding diaryl/α,β-unsaturated/α-hetero) is 1. The zero-order valence-electron chi connectivity index (χ0n) is 25.4. The number of rotatable bonds is 15. The van der Waals surface area contributed by atoms with Crippen LogP contribution in [0.5, 0.6) is 0 Å². The molecule has 14 heteroatoms. The number of carboxylic acid groups (broad SMARTS) is 3. The Morgan fingerprint density at radius 2 is 1.72 bits per heavy atom. The zero-order chi connectivity index (χ0) is 34.3. The maximum absolute atomic E-state index is 13.0. The molecule has 0 saturated carbocycles. The normalized spacial score (nSPS) is 13.2. The van der Waals surface area contributed by atoms with Crippen molar-refractivity contribution in [1.29, 1.82) is 0 Å². The number of nitrogens with one attached hydrogen (secondary N) is 2. The molecule has 0 spiro atoms. The maximum atomic E-state index is 13.0. The minimum atomic E-state index is -1.91. The number of carbonyl (C=O) groups excluding carboxylic acids is 2. The second-order valence-electron chi connectivity index (χ2n) is 11.5. The number of aliphatic carboxylic acids is 3. The van der Waals surface area contributed by atoms with Crippen LogP contribution in [0.15, 0.2) is 47.3 Å². The van der Waals surface area contributed by atoms with Crippen LogP contribution >= 0.6 is 0 Å². The molecule has 14 nitrogen and oxygen atoms in total. The van der Waals surface area contributed by atoms with Gasteiger partial charge >= 0.3 is 17.9 Å². The van der Waals surface area contributed by atoms with Gasteiger partial charge in [-0.1, -0.05) is 12.0 Å². The van der Waals surface area contributed by atoms with Crippen molar-refractivity contribution < 1.29 is 39.3 Å². The van der Waals surface area contributed by atoms with Gasteiger partial charge in [-0.2, -0.15) is 0 Å². The molecule has 1 aromatic heterocycles. The van der Waals surface area contributed by atoms with E-state index in [2.05, 4.69) is 21.2 Å². The standard InChI is InChI=1S/C32H35N5O9/c1-5-12-37(16-18-6-11-24-21(13-18)28(40)35-17(2)34-24)20-9-7-19(8-10-20)27(39)36-25(30(43)44)14-22(29(41)42)26(38)23(33)15-32(3,4)31(45)46/h1,6-11,13,22-23,25H,12,14-16,33H2,2-4H3,(H,36,39)(H,41,42)(H,43,44)(H,45,46)(H,34,35,40)/t22?,23-,25-/m0/s1. The van der Waals surface area contributed by atoms with Crippen LogP contribution < -0.4 is 21.5 Å². The number of hydrogen-bond donors (Lipinski definition) is 6. The topological polar surface area (TPSA) is 233 Å². The average Bonchev–Trinajstić information content (AvgIpc) is 2.98. The summed E-state index contributed by atoms with van der Waals surface area (Å²) in [6.45, 7) is 4.83. The number of ketones is 1. The highest BCUT2D eigenvalue weighted by Gasteiger charge is 2.39. The predicted octanol–water partition coefficient (Wildman–Crippen LogP) is 1.54. The summed E-state index contributed by atoms with van der Waals surface area (Å²) in [6.07, 6.45) is 4.39. The Hall–Kier alpha value is -5.55. The number of carbonyl (C=O) groups is 5. The van der Waals surface area contributed by atoms with Crippen LogP contribution in [0.4, 0.5) is 5.69 Å². The summed E-state index contributed by atoms with van der Waals surface area (Å²) in [5.74, 6) is -5.23. The lowest BCUT2D eigenvalue weighted by Gasteiger charge is -2.25. The summed E-state index contributed by atoms with van der Waals surface area (Å²) in [5.41, 5.74) is 6.11. The summed E-state index contributed by atoms with van der Waals surface area (Å²) in [7, 11) is 0. The zero-order valence-corrected chi connectivity index (χ0v) is 25.4. The number of hydrogen-bond acceptors (Lipinski definition) is 9. The van der Waals surface area contributed by atoms with Crippen molar-refractivity contribution in [2.45, 2.75) is 52.2 Å². The molecule has 1 heterocycles. The number of H-pyrrole nitrogens is 1. The fourth-order valence-corrected chi connectivity index (χ4v) is 4.83. The van der Waals surface area contributed by atoms with Crippen LogP contribution in [0.25, 0.3) is 10.9 Å². The Kier molecular flexibility index (Phi) is 11.0. The highest BCUT2D eigenvalue weighted by Crippen LogP contribution is 2.25. The minimum Gasteiger partial charge on any atom is -0.481 e. The van der Waals surface area contributed by atoms with Gasteiger partial charge in [-0.3, -0.25) is 24.0 Å². The van der Waals surface area contributed by atoms with Gasteiger partial charge in [0.2, 0.25) is 0 Å². The number of amides is 1. The molecule has 7 N–H and O–H groups in total. The van der Waals surface area contributed by atoms with Crippen molar-refractivity contribution in [3.05, 3.63) is 69.8 Å². The Morgan fingerprint density at radius 1 is 1.07 bits per heavy atom. The molecule has 3 atom stereocenters. The minimum absolute atomic E-state index is 0.0486. The summed E-state index contributed by atoms with van der Waals surface area (Å²) in [6, 6.07) is 8.04. The first-order valence-electron chi connectivity index (χ1n) is 14.1. The molecule has 0 aliphatic heterocycles.